The number of fused-ring (bicyclic) bond motifs is 6. The molecule has 0 bridgehead atoms. The van der Waals surface area contributed by atoms with Crippen LogP contribution in [0.3, 0.4) is 0 Å². The van der Waals surface area contributed by atoms with E-state index in [4.69, 9.17) is 9.97 Å². The Kier molecular flexibility index (Phi) is 10.2. The van der Waals surface area contributed by atoms with Crippen LogP contribution in [0.25, 0.3) is 122 Å². The van der Waals surface area contributed by atoms with E-state index in [1.165, 1.54) is 0 Å². The molecule has 10 aromatic carbocycles. The third-order valence-corrected chi connectivity index (χ3v) is 13.9. The Balaban J connectivity index is 1.08. The topological polar surface area (TPSA) is 83.2 Å². The zero-order valence-corrected chi connectivity index (χ0v) is 38.8. The molecule has 72 heavy (non-hydrogen) atoms. The third kappa shape index (κ3) is 7.02. The van der Waals surface area contributed by atoms with Crippen LogP contribution in [-0.4, -0.2) is 19.1 Å². The molecule has 0 saturated heterocycles. The first-order valence-corrected chi connectivity index (χ1v) is 23.9. The van der Waals surface area contributed by atoms with Gasteiger partial charge in [0.25, 0.3) is 0 Å². The van der Waals surface area contributed by atoms with Gasteiger partial charge in [0.15, 0.2) is 5.82 Å². The van der Waals surface area contributed by atoms with Crippen molar-refractivity contribution in [3.8, 4) is 90.8 Å². The Morgan fingerprint density at radius 2 is 0.722 bits per heavy atom. The van der Waals surface area contributed by atoms with E-state index in [0.29, 0.717) is 17.0 Å². The van der Waals surface area contributed by atoms with Crippen molar-refractivity contribution in [3.63, 3.8) is 0 Å². The van der Waals surface area contributed by atoms with Crippen molar-refractivity contribution in [1.29, 1.82) is 10.5 Å². The summed E-state index contributed by atoms with van der Waals surface area (Å²) < 4.78 is 4.77. The molecule has 0 saturated carbocycles. The normalized spacial score (nSPS) is 11.3. The summed E-state index contributed by atoms with van der Waals surface area (Å²) >= 11 is 0. The van der Waals surface area contributed by atoms with Gasteiger partial charge in [0.05, 0.1) is 68.1 Å². The fourth-order valence-electron chi connectivity index (χ4n) is 10.5. The summed E-state index contributed by atoms with van der Waals surface area (Å²) in [5.74, 6) is 0.649. The van der Waals surface area contributed by atoms with Crippen molar-refractivity contribution < 1.29 is 0 Å². The van der Waals surface area contributed by atoms with Crippen LogP contribution in [0.5, 0.6) is 0 Å². The van der Waals surface area contributed by atoms with Crippen molar-refractivity contribution >= 4 is 43.6 Å². The van der Waals surface area contributed by atoms with Crippen LogP contribution in [0.1, 0.15) is 11.1 Å². The van der Waals surface area contributed by atoms with Gasteiger partial charge in [-0.3, -0.25) is 0 Å². The van der Waals surface area contributed by atoms with Crippen LogP contribution in [0.4, 0.5) is 0 Å². The van der Waals surface area contributed by atoms with Gasteiger partial charge >= 0.3 is 0 Å². The zero-order chi connectivity index (χ0) is 48.1. The van der Waals surface area contributed by atoms with E-state index in [2.05, 4.69) is 179 Å². The number of para-hydroxylation sites is 3. The second-order valence-corrected chi connectivity index (χ2v) is 17.9. The number of rotatable bonds is 8. The number of nitriles is 2. The quantitative estimate of drug-likeness (QED) is 0.152. The minimum atomic E-state index is 0.634. The Labute approximate surface area is 415 Å². The van der Waals surface area contributed by atoms with Crippen LogP contribution < -0.4 is 0 Å². The van der Waals surface area contributed by atoms with E-state index in [-0.39, 0.29) is 0 Å². The van der Waals surface area contributed by atoms with Gasteiger partial charge < -0.3 is 9.13 Å². The lowest BCUT2D eigenvalue weighted by molar-refractivity contribution is 1.15. The molecule has 6 heteroatoms. The van der Waals surface area contributed by atoms with Gasteiger partial charge in [0, 0.05) is 49.4 Å². The minimum Gasteiger partial charge on any atom is -0.309 e. The number of aromatic nitrogens is 4. The molecule has 13 rings (SSSR count). The molecule has 0 spiro atoms. The molecule has 0 unspecified atom stereocenters. The van der Waals surface area contributed by atoms with Crippen LogP contribution in [0.2, 0.25) is 0 Å². The lowest BCUT2D eigenvalue weighted by Gasteiger charge is -2.20. The van der Waals surface area contributed by atoms with Gasteiger partial charge in [0.1, 0.15) is 0 Å². The fraction of sp³-hybridized carbons (Fsp3) is 0. The highest BCUT2D eigenvalue weighted by molar-refractivity contribution is 6.13. The Hall–Kier alpha value is -10.1. The van der Waals surface area contributed by atoms with Crippen LogP contribution >= 0.6 is 0 Å². The summed E-state index contributed by atoms with van der Waals surface area (Å²) in [6.45, 7) is 0. The SMILES string of the molecule is N#Cc1ccccc1-c1ccc2c(c1)c1ccccc1n2-c1ccccc1-c1ccc(-c2cc(-c3ccccc3)nc(-c3ccccc3)n2)cc1-n1c2ccccc2c2cc(-c3ccccc3C#N)ccc21. The molecule has 0 aliphatic heterocycles. The second kappa shape index (κ2) is 17.4. The van der Waals surface area contributed by atoms with E-state index in [1.807, 2.05) is 84.9 Å². The molecular formula is C66H40N6. The molecule has 3 heterocycles. The summed E-state index contributed by atoms with van der Waals surface area (Å²) in [6, 6.07) is 88.6. The van der Waals surface area contributed by atoms with Crippen LogP contribution in [0, 0.1) is 22.7 Å². The average molecular weight is 917 g/mol. The summed E-state index contributed by atoms with van der Waals surface area (Å²) in [4.78, 5) is 10.4. The monoisotopic (exact) mass is 916 g/mol. The van der Waals surface area contributed by atoms with E-state index >= 15 is 0 Å². The predicted octanol–water partition coefficient (Wildman–Crippen LogP) is 16.4. The van der Waals surface area contributed by atoms with Gasteiger partial charge in [-0.2, -0.15) is 10.5 Å². The van der Waals surface area contributed by atoms with E-state index in [0.717, 1.165) is 116 Å². The first-order chi connectivity index (χ1) is 35.6. The third-order valence-electron chi connectivity index (χ3n) is 13.9. The smallest absolute Gasteiger partial charge is 0.160 e. The van der Waals surface area contributed by atoms with E-state index in [9.17, 15) is 10.5 Å². The summed E-state index contributed by atoms with van der Waals surface area (Å²) in [5.41, 5.74) is 17.9. The number of nitrogens with zero attached hydrogens (tertiary/aromatic N) is 6. The van der Waals surface area contributed by atoms with Crippen LogP contribution in [-0.2, 0) is 0 Å². The molecule has 0 N–H and O–H groups in total. The van der Waals surface area contributed by atoms with Crippen LogP contribution in [0.15, 0.2) is 243 Å². The lowest BCUT2D eigenvalue weighted by atomic mass is 9.97. The van der Waals surface area contributed by atoms with E-state index in [1.54, 1.807) is 0 Å². The van der Waals surface area contributed by atoms with E-state index < -0.39 is 0 Å². The number of hydrogen-bond acceptors (Lipinski definition) is 4. The molecular weight excluding hydrogens is 877 g/mol. The second-order valence-electron chi connectivity index (χ2n) is 17.9. The summed E-state index contributed by atoms with van der Waals surface area (Å²) in [6.07, 6.45) is 0. The molecule has 0 amide bonds. The molecule has 0 aliphatic rings. The highest BCUT2D eigenvalue weighted by atomic mass is 15.0. The molecule has 0 radical (unpaired) electrons. The van der Waals surface area contributed by atoms with Crippen molar-refractivity contribution in [2.45, 2.75) is 0 Å². The maximum Gasteiger partial charge on any atom is 0.160 e. The first-order valence-electron chi connectivity index (χ1n) is 23.9. The Morgan fingerprint density at radius 3 is 1.31 bits per heavy atom. The molecule has 0 fully saturated rings. The Morgan fingerprint density at radius 1 is 0.292 bits per heavy atom. The highest BCUT2D eigenvalue weighted by Crippen LogP contribution is 2.44. The van der Waals surface area contributed by atoms with Crippen molar-refractivity contribution in [2.24, 2.45) is 0 Å². The van der Waals surface area contributed by atoms with Gasteiger partial charge in [-0.1, -0.05) is 176 Å². The van der Waals surface area contributed by atoms with Gasteiger partial charge in [-0.25, -0.2) is 9.97 Å². The average Bonchev–Trinajstić information content (AvgIpc) is 3.97. The maximum atomic E-state index is 10.2. The van der Waals surface area contributed by atoms with Gasteiger partial charge in [-0.05, 0) is 89.0 Å². The fourth-order valence-corrected chi connectivity index (χ4v) is 10.5. The van der Waals surface area contributed by atoms with Gasteiger partial charge in [0.2, 0.25) is 0 Å². The maximum absolute atomic E-state index is 10.2. The van der Waals surface area contributed by atoms with Crippen molar-refractivity contribution in [3.05, 3.63) is 254 Å². The summed E-state index contributed by atoms with van der Waals surface area (Å²) in [5, 5.41) is 24.6. The molecule has 6 nitrogen and oxygen atoms in total. The van der Waals surface area contributed by atoms with Gasteiger partial charge in [-0.15, -0.1) is 0 Å². The summed E-state index contributed by atoms with van der Waals surface area (Å²) in [7, 11) is 0. The minimum absolute atomic E-state index is 0.634. The zero-order valence-electron chi connectivity index (χ0n) is 38.8. The molecule has 13 aromatic rings. The molecule has 3 aromatic heterocycles. The highest BCUT2D eigenvalue weighted by Gasteiger charge is 2.23. The standard InChI is InChI=1S/C66H40N6/c67-41-48-21-7-9-23-50(48)45-32-35-63-56(37-45)53-26-12-15-29-61(53)71(63)60-28-14-11-25-52(60)55-34-31-47(59-40-58(43-17-3-1-4-18-43)69-66(70-59)44-19-5-2-6-20-44)39-65(55)72-62-30-16-13-27-54(62)57-38-46(33-36-64(57)72)51-24-10-8-22-49(51)42-68/h1-40H. The predicted molar refractivity (Wildman–Crippen MR) is 293 cm³/mol. The number of hydrogen-bond donors (Lipinski definition) is 0. The molecule has 334 valence electrons. The molecule has 0 aliphatic carbocycles. The first kappa shape index (κ1) is 42.0. The molecule has 0 atom stereocenters. The largest absolute Gasteiger partial charge is 0.309 e. The van der Waals surface area contributed by atoms with Crippen molar-refractivity contribution in [2.75, 3.05) is 0 Å². The Bertz CT molecular complexity index is 4300. The van der Waals surface area contributed by atoms with Crippen molar-refractivity contribution in [1.82, 2.24) is 19.1 Å². The lowest BCUT2D eigenvalue weighted by Crippen LogP contribution is -2.02. The number of benzene rings is 10.